The number of rotatable bonds is 6. The molecule has 0 radical (unpaired) electrons. The molecular weight excluding hydrogens is 333 g/mol. The summed E-state index contributed by atoms with van der Waals surface area (Å²) in [6.45, 7) is 4.20. The van der Waals surface area contributed by atoms with E-state index in [2.05, 4.69) is 34.6 Å². The van der Waals surface area contributed by atoms with Crippen molar-refractivity contribution in [3.05, 3.63) is 59.9 Å². The minimum Gasteiger partial charge on any atom is -0.324 e. The van der Waals surface area contributed by atoms with Gasteiger partial charge in [-0.15, -0.1) is 10.2 Å². The summed E-state index contributed by atoms with van der Waals surface area (Å²) in [5.74, 6) is -0.0821. The van der Waals surface area contributed by atoms with Crippen LogP contribution in [0.25, 0.3) is 11.4 Å². The van der Waals surface area contributed by atoms with Gasteiger partial charge in [-0.05, 0) is 47.4 Å². The highest BCUT2D eigenvalue weighted by Crippen LogP contribution is 2.20. The Morgan fingerprint density at radius 2 is 1.92 bits per heavy atom. The first-order valence-electron chi connectivity index (χ1n) is 8.49. The van der Waals surface area contributed by atoms with Gasteiger partial charge in [-0.2, -0.15) is 4.80 Å². The van der Waals surface area contributed by atoms with Crippen LogP contribution in [0.4, 0.5) is 10.1 Å². The normalized spacial score (nSPS) is 12.0. The number of halogens is 1. The molecular formula is C19H20FN5O. The van der Waals surface area contributed by atoms with E-state index in [1.807, 2.05) is 24.3 Å². The summed E-state index contributed by atoms with van der Waals surface area (Å²) >= 11 is 0. The Morgan fingerprint density at radius 3 is 2.62 bits per heavy atom. The lowest BCUT2D eigenvalue weighted by Gasteiger charge is -2.10. The summed E-state index contributed by atoms with van der Waals surface area (Å²) in [6, 6.07) is 13.9. The number of anilines is 1. The molecule has 1 atom stereocenters. The lowest BCUT2D eigenvalue weighted by molar-refractivity contribution is -0.117. The van der Waals surface area contributed by atoms with Gasteiger partial charge in [0.15, 0.2) is 0 Å². The van der Waals surface area contributed by atoms with E-state index in [0.717, 1.165) is 11.2 Å². The van der Waals surface area contributed by atoms with Crippen LogP contribution >= 0.6 is 0 Å². The van der Waals surface area contributed by atoms with Gasteiger partial charge in [0.05, 0.1) is 5.56 Å². The summed E-state index contributed by atoms with van der Waals surface area (Å²) in [5, 5.41) is 14.5. The molecule has 1 amide bonds. The molecule has 3 rings (SSSR count). The number of amides is 1. The third kappa shape index (κ3) is 4.11. The summed E-state index contributed by atoms with van der Waals surface area (Å²) in [6.07, 6.45) is 1.06. The van der Waals surface area contributed by atoms with Crippen LogP contribution in [-0.4, -0.2) is 26.1 Å². The summed E-state index contributed by atoms with van der Waals surface area (Å²) in [5.41, 5.74) is 2.19. The van der Waals surface area contributed by atoms with Gasteiger partial charge in [0.1, 0.15) is 12.4 Å². The Kier molecular flexibility index (Phi) is 5.36. The van der Waals surface area contributed by atoms with Gasteiger partial charge >= 0.3 is 0 Å². The molecule has 3 aromatic rings. The quantitative estimate of drug-likeness (QED) is 0.734. The van der Waals surface area contributed by atoms with Crippen LogP contribution in [0.3, 0.4) is 0 Å². The minimum atomic E-state index is -0.433. The third-order valence-electron chi connectivity index (χ3n) is 4.23. The summed E-state index contributed by atoms with van der Waals surface area (Å²) in [4.78, 5) is 13.3. The number of nitrogens with zero attached hydrogens (tertiary/aromatic N) is 4. The van der Waals surface area contributed by atoms with Crippen LogP contribution in [0, 0.1) is 5.82 Å². The monoisotopic (exact) mass is 353 g/mol. The highest BCUT2D eigenvalue weighted by Gasteiger charge is 2.12. The van der Waals surface area contributed by atoms with Gasteiger partial charge in [-0.3, -0.25) is 4.79 Å². The van der Waals surface area contributed by atoms with E-state index in [1.54, 1.807) is 18.2 Å². The first-order valence-corrected chi connectivity index (χ1v) is 8.49. The zero-order valence-corrected chi connectivity index (χ0v) is 14.7. The molecule has 2 aromatic carbocycles. The van der Waals surface area contributed by atoms with Crippen LogP contribution in [0.1, 0.15) is 31.7 Å². The molecule has 26 heavy (non-hydrogen) atoms. The number of hydrogen-bond acceptors (Lipinski definition) is 4. The van der Waals surface area contributed by atoms with Crippen LogP contribution in [-0.2, 0) is 11.3 Å². The Bertz CT molecular complexity index is 891. The van der Waals surface area contributed by atoms with E-state index in [-0.39, 0.29) is 23.8 Å². The fourth-order valence-corrected chi connectivity index (χ4v) is 2.52. The number of carbonyl (C=O) groups is 1. The second-order valence-corrected chi connectivity index (χ2v) is 6.10. The van der Waals surface area contributed by atoms with Crippen molar-refractivity contribution in [1.82, 2.24) is 20.2 Å². The van der Waals surface area contributed by atoms with Crippen molar-refractivity contribution in [1.29, 1.82) is 0 Å². The van der Waals surface area contributed by atoms with Crippen molar-refractivity contribution in [3.8, 4) is 11.4 Å². The number of carbonyl (C=O) groups excluding carboxylic acids is 1. The van der Waals surface area contributed by atoms with E-state index >= 15 is 0 Å². The largest absolute Gasteiger partial charge is 0.324 e. The standard InChI is InChI=1S/C19H20FN5O/c1-3-13(2)14-8-10-15(11-9-14)21-18(26)12-25-23-19(22-24-25)16-6-4-5-7-17(16)20/h4-11,13H,3,12H2,1-2H3,(H,21,26). The zero-order valence-electron chi connectivity index (χ0n) is 14.7. The fourth-order valence-electron chi connectivity index (χ4n) is 2.52. The molecule has 0 saturated heterocycles. The summed E-state index contributed by atoms with van der Waals surface area (Å²) in [7, 11) is 0. The van der Waals surface area contributed by atoms with E-state index in [1.165, 1.54) is 11.6 Å². The van der Waals surface area contributed by atoms with Crippen molar-refractivity contribution in [2.24, 2.45) is 0 Å². The average molecular weight is 353 g/mol. The van der Waals surface area contributed by atoms with E-state index in [9.17, 15) is 9.18 Å². The molecule has 1 N–H and O–H groups in total. The molecule has 0 aliphatic carbocycles. The Balaban J connectivity index is 1.63. The van der Waals surface area contributed by atoms with Gasteiger partial charge < -0.3 is 5.32 Å². The van der Waals surface area contributed by atoms with Gasteiger partial charge in [-0.25, -0.2) is 4.39 Å². The molecule has 0 spiro atoms. The first-order chi connectivity index (χ1) is 12.6. The van der Waals surface area contributed by atoms with Gasteiger partial charge in [-0.1, -0.05) is 38.1 Å². The lowest BCUT2D eigenvalue weighted by atomic mass is 9.99. The molecule has 7 heteroatoms. The van der Waals surface area contributed by atoms with Crippen LogP contribution in [0.2, 0.25) is 0 Å². The molecule has 134 valence electrons. The van der Waals surface area contributed by atoms with Crippen molar-refractivity contribution in [2.75, 3.05) is 5.32 Å². The van der Waals surface area contributed by atoms with E-state index < -0.39 is 5.82 Å². The number of benzene rings is 2. The van der Waals surface area contributed by atoms with Crippen LogP contribution < -0.4 is 5.32 Å². The maximum absolute atomic E-state index is 13.8. The second-order valence-electron chi connectivity index (χ2n) is 6.10. The maximum Gasteiger partial charge on any atom is 0.248 e. The topological polar surface area (TPSA) is 72.7 Å². The molecule has 0 aliphatic heterocycles. The predicted molar refractivity (Wildman–Crippen MR) is 97.0 cm³/mol. The fraction of sp³-hybridized carbons (Fsp3) is 0.263. The summed E-state index contributed by atoms with van der Waals surface area (Å²) < 4.78 is 13.8. The highest BCUT2D eigenvalue weighted by atomic mass is 19.1. The first kappa shape index (κ1) is 17.7. The molecule has 1 unspecified atom stereocenters. The molecule has 0 bridgehead atoms. The molecule has 0 aliphatic rings. The smallest absolute Gasteiger partial charge is 0.248 e. The van der Waals surface area contributed by atoms with Crippen molar-refractivity contribution >= 4 is 11.6 Å². The Hall–Kier alpha value is -3.09. The molecule has 0 fully saturated rings. The van der Waals surface area contributed by atoms with Crippen molar-refractivity contribution in [3.63, 3.8) is 0 Å². The number of nitrogens with one attached hydrogen (secondary N) is 1. The molecule has 1 heterocycles. The average Bonchev–Trinajstić information content (AvgIpc) is 3.10. The predicted octanol–water partition coefficient (Wildman–Crippen LogP) is 3.63. The number of hydrogen-bond donors (Lipinski definition) is 1. The highest BCUT2D eigenvalue weighted by molar-refractivity contribution is 5.90. The number of tetrazole rings is 1. The minimum absolute atomic E-state index is 0.103. The zero-order chi connectivity index (χ0) is 18.5. The second kappa shape index (κ2) is 7.86. The molecule has 6 nitrogen and oxygen atoms in total. The molecule has 0 saturated carbocycles. The Labute approximate surface area is 151 Å². The third-order valence-corrected chi connectivity index (χ3v) is 4.23. The van der Waals surface area contributed by atoms with Crippen LogP contribution in [0.5, 0.6) is 0 Å². The molecule has 1 aromatic heterocycles. The van der Waals surface area contributed by atoms with E-state index in [4.69, 9.17) is 0 Å². The van der Waals surface area contributed by atoms with E-state index in [0.29, 0.717) is 11.6 Å². The van der Waals surface area contributed by atoms with Gasteiger partial charge in [0, 0.05) is 5.69 Å². The number of aromatic nitrogens is 4. The van der Waals surface area contributed by atoms with Crippen molar-refractivity contribution in [2.45, 2.75) is 32.7 Å². The SMILES string of the molecule is CCC(C)c1ccc(NC(=O)Cn2nnc(-c3ccccc3F)n2)cc1. The van der Waals surface area contributed by atoms with Gasteiger partial charge in [0.2, 0.25) is 11.7 Å². The Morgan fingerprint density at radius 1 is 1.19 bits per heavy atom. The lowest BCUT2D eigenvalue weighted by Crippen LogP contribution is -2.20. The van der Waals surface area contributed by atoms with Crippen molar-refractivity contribution < 1.29 is 9.18 Å². The maximum atomic E-state index is 13.8. The van der Waals surface area contributed by atoms with Gasteiger partial charge in [0.25, 0.3) is 0 Å². The van der Waals surface area contributed by atoms with Crippen LogP contribution in [0.15, 0.2) is 48.5 Å².